The van der Waals surface area contributed by atoms with Crippen molar-refractivity contribution in [2.24, 2.45) is 5.73 Å². The van der Waals surface area contributed by atoms with Gasteiger partial charge in [0.05, 0.1) is 11.0 Å². The lowest BCUT2D eigenvalue weighted by Crippen LogP contribution is -2.39. The number of primary amides is 1. The molecule has 2 heterocycles. The van der Waals surface area contributed by atoms with Gasteiger partial charge in [-0.25, -0.2) is 4.68 Å². The van der Waals surface area contributed by atoms with Gasteiger partial charge in [-0.15, -0.1) is 0 Å². The molecule has 1 aromatic heterocycles. The predicted molar refractivity (Wildman–Crippen MR) is 128 cm³/mol. The van der Waals surface area contributed by atoms with E-state index in [1.54, 1.807) is 25.1 Å². The first-order valence-electron chi connectivity index (χ1n) is 11.0. The first-order valence-corrected chi connectivity index (χ1v) is 11.0. The Labute approximate surface area is 200 Å². The quantitative estimate of drug-likeness (QED) is 0.391. The Bertz CT molecular complexity index is 1370. The molecular weight excluding hydrogens is 452 g/mol. The normalized spacial score (nSPS) is 15.6. The molecule has 4 rings (SSSR count). The van der Waals surface area contributed by atoms with Crippen LogP contribution in [0.25, 0.3) is 5.69 Å². The monoisotopic (exact) mass is 476 g/mol. The number of carbonyl (C=O) groups excluding carboxylic acids is 2. The van der Waals surface area contributed by atoms with E-state index in [1.807, 2.05) is 17.0 Å². The highest BCUT2D eigenvalue weighted by atomic mass is 16.6. The molecule has 1 aliphatic rings. The maximum atomic E-state index is 13.1. The molecule has 0 spiro atoms. The van der Waals surface area contributed by atoms with Gasteiger partial charge in [0.1, 0.15) is 5.69 Å². The second kappa shape index (κ2) is 9.85. The minimum absolute atomic E-state index is 0.135. The van der Waals surface area contributed by atoms with Crippen molar-refractivity contribution in [2.75, 3.05) is 11.9 Å². The summed E-state index contributed by atoms with van der Waals surface area (Å²) in [5.41, 5.74) is 5.99. The number of nitrogens with two attached hydrogens (primary N) is 1. The van der Waals surface area contributed by atoms with Crippen LogP contribution in [0, 0.1) is 17.0 Å². The minimum Gasteiger partial charge on any atom is -0.368 e. The summed E-state index contributed by atoms with van der Waals surface area (Å²) in [5.74, 6) is -1.13. The summed E-state index contributed by atoms with van der Waals surface area (Å²) >= 11 is 0. The molecule has 0 bridgehead atoms. The number of hydrogen-bond donors (Lipinski definition) is 2. The Morgan fingerprint density at radius 1 is 1.20 bits per heavy atom. The van der Waals surface area contributed by atoms with E-state index in [0.29, 0.717) is 30.9 Å². The molecule has 1 unspecified atom stereocenters. The highest BCUT2D eigenvalue weighted by molar-refractivity contribution is 6.03. The molecule has 0 saturated carbocycles. The molecule has 0 aliphatic carbocycles. The van der Waals surface area contributed by atoms with Gasteiger partial charge in [0, 0.05) is 30.1 Å². The number of aromatic nitrogens is 2. The van der Waals surface area contributed by atoms with Gasteiger partial charge in [-0.3, -0.25) is 29.4 Å². The lowest BCUT2D eigenvalue weighted by Gasteiger charge is -2.23. The Morgan fingerprint density at radius 3 is 2.66 bits per heavy atom. The zero-order valence-electron chi connectivity index (χ0n) is 19.0. The van der Waals surface area contributed by atoms with Crippen molar-refractivity contribution in [3.8, 4) is 5.69 Å². The third-order valence-electron chi connectivity index (χ3n) is 5.96. The minimum atomic E-state index is -0.748. The molecule has 1 aliphatic heterocycles. The summed E-state index contributed by atoms with van der Waals surface area (Å²) in [6.45, 7) is 2.68. The maximum absolute atomic E-state index is 13.1. The number of carbonyl (C=O) groups is 2. The van der Waals surface area contributed by atoms with E-state index < -0.39 is 22.0 Å². The van der Waals surface area contributed by atoms with Crippen molar-refractivity contribution in [1.29, 1.82) is 0 Å². The number of hydrogen-bond acceptors (Lipinski definition) is 7. The van der Waals surface area contributed by atoms with E-state index in [9.17, 15) is 24.5 Å². The zero-order chi connectivity index (χ0) is 25.1. The van der Waals surface area contributed by atoms with E-state index >= 15 is 0 Å². The smallest absolute Gasteiger partial charge is 0.294 e. The summed E-state index contributed by atoms with van der Waals surface area (Å²) < 4.78 is 1.21. The lowest BCUT2D eigenvalue weighted by atomic mass is 10.1. The van der Waals surface area contributed by atoms with Gasteiger partial charge in [0.15, 0.2) is 5.69 Å². The van der Waals surface area contributed by atoms with Gasteiger partial charge < -0.3 is 11.1 Å². The number of amides is 2. The first-order chi connectivity index (χ1) is 16.8. The van der Waals surface area contributed by atoms with Crippen LogP contribution in [0.4, 0.5) is 11.4 Å². The Kier molecular flexibility index (Phi) is 6.69. The van der Waals surface area contributed by atoms with Gasteiger partial charge in [-0.2, -0.15) is 5.10 Å². The SMILES string of the molecule is Cc1cc(=O)c(C(=O)Nc2ccccc2CN2CCCC2C(N)=O)nn1-c1ccccc1[N+](=O)[O-]. The zero-order valence-corrected chi connectivity index (χ0v) is 19.0. The number of benzene rings is 2. The van der Waals surface area contributed by atoms with Gasteiger partial charge in [-0.1, -0.05) is 30.3 Å². The molecule has 180 valence electrons. The van der Waals surface area contributed by atoms with Crippen LogP contribution < -0.4 is 16.5 Å². The molecule has 0 radical (unpaired) electrons. The van der Waals surface area contributed by atoms with E-state index in [-0.39, 0.29) is 23.3 Å². The number of para-hydroxylation sites is 3. The van der Waals surface area contributed by atoms with Gasteiger partial charge in [-0.05, 0) is 44.0 Å². The highest BCUT2D eigenvalue weighted by Crippen LogP contribution is 2.25. The van der Waals surface area contributed by atoms with Gasteiger partial charge >= 0.3 is 0 Å². The van der Waals surface area contributed by atoms with Crippen LogP contribution in [-0.2, 0) is 11.3 Å². The van der Waals surface area contributed by atoms with Crippen molar-refractivity contribution in [3.05, 3.63) is 91.9 Å². The van der Waals surface area contributed by atoms with Crippen LogP contribution in [-0.4, -0.2) is 44.0 Å². The fourth-order valence-corrected chi connectivity index (χ4v) is 4.26. The summed E-state index contributed by atoms with van der Waals surface area (Å²) in [4.78, 5) is 50.4. The largest absolute Gasteiger partial charge is 0.368 e. The number of nitro groups is 1. The van der Waals surface area contributed by atoms with E-state index in [2.05, 4.69) is 10.4 Å². The van der Waals surface area contributed by atoms with E-state index in [4.69, 9.17) is 5.73 Å². The van der Waals surface area contributed by atoms with Crippen molar-refractivity contribution >= 4 is 23.2 Å². The number of nitrogens with one attached hydrogen (secondary N) is 1. The van der Waals surface area contributed by atoms with Crippen molar-refractivity contribution < 1.29 is 14.5 Å². The topological polar surface area (TPSA) is 153 Å². The fraction of sp³-hybridized carbons (Fsp3) is 0.250. The second-order valence-corrected chi connectivity index (χ2v) is 8.30. The summed E-state index contributed by atoms with van der Waals surface area (Å²) in [7, 11) is 0. The average Bonchev–Trinajstić information content (AvgIpc) is 3.29. The number of nitrogens with zero attached hydrogens (tertiary/aromatic N) is 4. The molecule has 3 aromatic rings. The molecule has 1 fully saturated rings. The Hall–Kier alpha value is -4.38. The molecule has 1 saturated heterocycles. The molecule has 11 nitrogen and oxygen atoms in total. The van der Waals surface area contributed by atoms with Crippen LogP contribution in [0.3, 0.4) is 0 Å². The first kappa shape index (κ1) is 23.8. The van der Waals surface area contributed by atoms with E-state index in [0.717, 1.165) is 12.0 Å². The molecule has 11 heteroatoms. The maximum Gasteiger partial charge on any atom is 0.294 e. The molecule has 35 heavy (non-hydrogen) atoms. The Morgan fingerprint density at radius 2 is 1.91 bits per heavy atom. The van der Waals surface area contributed by atoms with E-state index in [1.165, 1.54) is 28.9 Å². The van der Waals surface area contributed by atoms with Crippen LogP contribution in [0.15, 0.2) is 59.4 Å². The third kappa shape index (κ3) is 4.94. The number of likely N-dealkylation sites (tertiary alicyclic amines) is 1. The standard InChI is InChI=1S/C24H24N6O5/c1-15-13-21(31)22(27-29(15)18-9-4-5-10-19(18)30(34)35)24(33)26-17-8-3-2-7-16(17)14-28-12-6-11-20(28)23(25)32/h2-5,7-10,13,20H,6,11-12,14H2,1H3,(H2,25,32)(H,26,33). The molecular formula is C24H24N6O5. The molecule has 2 aromatic carbocycles. The number of aryl methyl sites for hydroxylation is 1. The predicted octanol–water partition coefficient (Wildman–Crippen LogP) is 2.15. The Balaban J connectivity index is 1.65. The van der Waals surface area contributed by atoms with Crippen LogP contribution in [0.1, 0.15) is 34.6 Å². The average molecular weight is 476 g/mol. The fourth-order valence-electron chi connectivity index (χ4n) is 4.26. The highest BCUT2D eigenvalue weighted by Gasteiger charge is 2.29. The summed E-state index contributed by atoms with van der Waals surface area (Å²) in [5, 5.41) is 18.4. The van der Waals surface area contributed by atoms with Crippen LogP contribution in [0.2, 0.25) is 0 Å². The molecule has 3 N–H and O–H groups in total. The third-order valence-corrected chi connectivity index (χ3v) is 5.96. The molecule has 2 amide bonds. The van der Waals surface area contributed by atoms with Crippen LogP contribution in [0.5, 0.6) is 0 Å². The van der Waals surface area contributed by atoms with Crippen molar-refractivity contribution in [3.63, 3.8) is 0 Å². The van der Waals surface area contributed by atoms with Gasteiger partial charge in [0.25, 0.3) is 11.6 Å². The number of nitro benzene ring substituents is 1. The summed E-state index contributed by atoms with van der Waals surface area (Å²) in [6, 6.07) is 13.8. The van der Waals surface area contributed by atoms with Gasteiger partial charge in [0.2, 0.25) is 11.3 Å². The lowest BCUT2D eigenvalue weighted by molar-refractivity contribution is -0.384. The molecule has 1 atom stereocenters. The number of rotatable bonds is 7. The second-order valence-electron chi connectivity index (χ2n) is 8.30. The number of anilines is 1. The van der Waals surface area contributed by atoms with Crippen molar-refractivity contribution in [2.45, 2.75) is 32.4 Å². The van der Waals surface area contributed by atoms with Crippen LogP contribution >= 0.6 is 0 Å². The van der Waals surface area contributed by atoms with Crippen molar-refractivity contribution in [1.82, 2.24) is 14.7 Å². The summed E-state index contributed by atoms with van der Waals surface area (Å²) in [6.07, 6.45) is 1.53.